The lowest BCUT2D eigenvalue weighted by atomic mass is 10.1. The highest BCUT2D eigenvalue weighted by atomic mass is 32.2. The predicted molar refractivity (Wildman–Crippen MR) is 125 cm³/mol. The topological polar surface area (TPSA) is 36.9 Å². The minimum atomic E-state index is -0.200. The fraction of sp³-hybridized carbons (Fsp3) is 0.520. The van der Waals surface area contributed by atoms with E-state index in [1.54, 1.807) is 0 Å². The Bertz CT molecular complexity index is 726. The molecule has 1 atom stereocenters. The third-order valence-corrected chi connectivity index (χ3v) is 5.89. The van der Waals surface area contributed by atoms with Crippen LogP contribution in [0.1, 0.15) is 38.3 Å². The summed E-state index contributed by atoms with van der Waals surface area (Å²) in [6.07, 6.45) is 0.602. The number of hydrogen-bond acceptors (Lipinski definition) is 5. The van der Waals surface area contributed by atoms with Gasteiger partial charge >= 0.3 is 0 Å². The minimum Gasteiger partial charge on any atom is -0.494 e. The van der Waals surface area contributed by atoms with E-state index in [0.717, 1.165) is 29.2 Å². The molecule has 0 aromatic heterocycles. The largest absolute Gasteiger partial charge is 0.494 e. The molecular weight excluding hydrogens is 396 g/mol. The lowest BCUT2D eigenvalue weighted by molar-refractivity contribution is -0.146. The molecule has 0 aliphatic heterocycles. The Hall–Kier alpha value is -1.69. The van der Waals surface area contributed by atoms with Crippen molar-refractivity contribution < 1.29 is 18.9 Å². The van der Waals surface area contributed by atoms with Crippen molar-refractivity contribution >= 4 is 11.8 Å². The zero-order chi connectivity index (χ0) is 21.8. The summed E-state index contributed by atoms with van der Waals surface area (Å²) in [5, 5.41) is 0. The summed E-state index contributed by atoms with van der Waals surface area (Å²) in [5.41, 5.74) is 2.39. The summed E-state index contributed by atoms with van der Waals surface area (Å²) >= 11 is 1.84. The fourth-order valence-electron chi connectivity index (χ4n) is 3.10. The molecule has 0 aliphatic rings. The summed E-state index contributed by atoms with van der Waals surface area (Å²) in [4.78, 5) is 1.24. The SMILES string of the molecule is CCOc1ccc(SCC(COc2ccc(C)cc2)CC(OCC)OCC)cc1C. The Kier molecular flexibility index (Phi) is 11.1. The second-order valence-electron chi connectivity index (χ2n) is 7.24. The van der Waals surface area contributed by atoms with Crippen molar-refractivity contribution in [3.8, 4) is 11.5 Å². The van der Waals surface area contributed by atoms with Crippen LogP contribution in [0.25, 0.3) is 0 Å². The van der Waals surface area contributed by atoms with Crippen LogP contribution in [-0.4, -0.2) is 38.5 Å². The van der Waals surface area contributed by atoms with Gasteiger partial charge in [0.15, 0.2) is 6.29 Å². The number of benzene rings is 2. The van der Waals surface area contributed by atoms with Gasteiger partial charge in [-0.25, -0.2) is 0 Å². The normalized spacial score (nSPS) is 12.2. The molecule has 166 valence electrons. The summed E-state index contributed by atoms with van der Waals surface area (Å²) in [6, 6.07) is 14.6. The van der Waals surface area contributed by atoms with Gasteiger partial charge in [0.05, 0.1) is 13.2 Å². The van der Waals surface area contributed by atoms with Crippen LogP contribution >= 0.6 is 11.8 Å². The van der Waals surface area contributed by atoms with E-state index in [1.807, 2.05) is 44.7 Å². The molecule has 0 saturated heterocycles. The minimum absolute atomic E-state index is 0.200. The molecule has 0 bridgehead atoms. The van der Waals surface area contributed by atoms with Gasteiger partial charge in [-0.05, 0) is 70.5 Å². The van der Waals surface area contributed by atoms with E-state index < -0.39 is 0 Å². The quantitative estimate of drug-likeness (QED) is 0.259. The highest BCUT2D eigenvalue weighted by Crippen LogP contribution is 2.29. The van der Waals surface area contributed by atoms with Crippen LogP contribution in [0.5, 0.6) is 11.5 Å². The second kappa shape index (κ2) is 13.6. The maximum Gasteiger partial charge on any atom is 0.157 e. The highest BCUT2D eigenvalue weighted by Gasteiger charge is 2.19. The molecule has 30 heavy (non-hydrogen) atoms. The third-order valence-electron chi connectivity index (χ3n) is 4.67. The van der Waals surface area contributed by atoms with Crippen molar-refractivity contribution in [3.05, 3.63) is 53.6 Å². The number of rotatable bonds is 14. The molecule has 2 aromatic carbocycles. The van der Waals surface area contributed by atoms with Crippen LogP contribution in [0.2, 0.25) is 0 Å². The molecule has 0 spiro atoms. The van der Waals surface area contributed by atoms with E-state index in [-0.39, 0.29) is 6.29 Å². The van der Waals surface area contributed by atoms with Crippen molar-refractivity contribution in [1.29, 1.82) is 0 Å². The van der Waals surface area contributed by atoms with Crippen molar-refractivity contribution in [2.24, 2.45) is 5.92 Å². The lowest BCUT2D eigenvalue weighted by Crippen LogP contribution is -2.26. The van der Waals surface area contributed by atoms with Gasteiger partial charge in [0.25, 0.3) is 0 Å². The van der Waals surface area contributed by atoms with E-state index in [2.05, 4.69) is 44.2 Å². The Balaban J connectivity index is 2.01. The smallest absolute Gasteiger partial charge is 0.157 e. The molecular formula is C25H36O4S. The molecule has 1 unspecified atom stereocenters. The van der Waals surface area contributed by atoms with Crippen molar-refractivity contribution in [3.63, 3.8) is 0 Å². The van der Waals surface area contributed by atoms with Gasteiger partial charge in [0.1, 0.15) is 11.5 Å². The van der Waals surface area contributed by atoms with Gasteiger partial charge in [0, 0.05) is 36.2 Å². The van der Waals surface area contributed by atoms with Crippen LogP contribution in [0.3, 0.4) is 0 Å². The van der Waals surface area contributed by atoms with Crippen molar-refractivity contribution in [2.75, 3.05) is 32.2 Å². The molecule has 2 rings (SSSR count). The van der Waals surface area contributed by atoms with Gasteiger partial charge in [-0.15, -0.1) is 11.8 Å². The van der Waals surface area contributed by atoms with Crippen LogP contribution in [0.15, 0.2) is 47.4 Å². The average Bonchev–Trinajstić information content (AvgIpc) is 2.73. The summed E-state index contributed by atoms with van der Waals surface area (Å²) in [5.74, 6) is 3.08. The number of thioether (sulfide) groups is 1. The number of hydrogen-bond donors (Lipinski definition) is 0. The predicted octanol–water partition coefficient (Wildman–Crippen LogP) is 6.28. The van der Waals surface area contributed by atoms with Crippen molar-refractivity contribution in [2.45, 2.75) is 52.2 Å². The highest BCUT2D eigenvalue weighted by molar-refractivity contribution is 7.99. The van der Waals surface area contributed by atoms with E-state index >= 15 is 0 Å². The summed E-state index contributed by atoms with van der Waals surface area (Å²) in [7, 11) is 0. The fourth-order valence-corrected chi connectivity index (χ4v) is 4.19. The third kappa shape index (κ3) is 8.58. The molecule has 0 N–H and O–H groups in total. The van der Waals surface area contributed by atoms with Crippen LogP contribution in [0.4, 0.5) is 0 Å². The van der Waals surface area contributed by atoms with Gasteiger partial charge in [-0.3, -0.25) is 0 Å². The molecule has 5 heteroatoms. The van der Waals surface area contributed by atoms with Crippen LogP contribution < -0.4 is 9.47 Å². The monoisotopic (exact) mass is 432 g/mol. The molecule has 0 fully saturated rings. The van der Waals surface area contributed by atoms with Gasteiger partial charge < -0.3 is 18.9 Å². The summed E-state index contributed by atoms with van der Waals surface area (Å²) in [6.45, 7) is 12.8. The van der Waals surface area contributed by atoms with Crippen LogP contribution in [0, 0.1) is 19.8 Å². The maximum atomic E-state index is 6.10. The Morgan fingerprint density at radius 3 is 2.13 bits per heavy atom. The standard InChI is InChI=1S/C25H36O4S/c1-6-26-24-14-13-23(15-20(24)5)30-18-21(16-25(27-7-2)28-8-3)17-29-22-11-9-19(4)10-12-22/h9-15,21,25H,6-8,16-18H2,1-5H3. The van der Waals surface area contributed by atoms with E-state index in [0.29, 0.717) is 32.3 Å². The van der Waals surface area contributed by atoms with Gasteiger partial charge in [0.2, 0.25) is 0 Å². The Labute approximate surface area is 186 Å². The first-order chi connectivity index (χ1) is 14.5. The molecule has 0 heterocycles. The average molecular weight is 433 g/mol. The first kappa shape index (κ1) is 24.6. The molecule has 0 aliphatic carbocycles. The van der Waals surface area contributed by atoms with E-state index in [4.69, 9.17) is 18.9 Å². The summed E-state index contributed by atoms with van der Waals surface area (Å²) < 4.78 is 23.3. The lowest BCUT2D eigenvalue weighted by Gasteiger charge is -2.23. The van der Waals surface area contributed by atoms with Gasteiger partial charge in [-0.2, -0.15) is 0 Å². The molecule has 0 saturated carbocycles. The molecule has 2 aromatic rings. The molecule has 0 radical (unpaired) electrons. The zero-order valence-electron chi connectivity index (χ0n) is 19.0. The van der Waals surface area contributed by atoms with E-state index in [9.17, 15) is 0 Å². The maximum absolute atomic E-state index is 6.10. The molecule has 0 amide bonds. The zero-order valence-corrected chi connectivity index (χ0v) is 19.8. The Morgan fingerprint density at radius 2 is 1.53 bits per heavy atom. The van der Waals surface area contributed by atoms with E-state index in [1.165, 1.54) is 10.5 Å². The molecule has 4 nitrogen and oxygen atoms in total. The number of ether oxygens (including phenoxy) is 4. The van der Waals surface area contributed by atoms with Gasteiger partial charge in [-0.1, -0.05) is 17.7 Å². The first-order valence-corrected chi connectivity index (χ1v) is 11.8. The second-order valence-corrected chi connectivity index (χ2v) is 8.33. The first-order valence-electron chi connectivity index (χ1n) is 10.8. The number of aryl methyl sites for hydroxylation is 2. The van der Waals surface area contributed by atoms with Crippen molar-refractivity contribution in [1.82, 2.24) is 0 Å². The Morgan fingerprint density at radius 1 is 0.833 bits per heavy atom. The van der Waals surface area contributed by atoms with Crippen LogP contribution in [-0.2, 0) is 9.47 Å².